The van der Waals surface area contributed by atoms with Gasteiger partial charge in [0.25, 0.3) is 0 Å². The van der Waals surface area contributed by atoms with Gasteiger partial charge in [-0.2, -0.15) is 0 Å². The molecule has 1 aliphatic rings. The lowest BCUT2D eigenvalue weighted by molar-refractivity contribution is 0.00426. The Morgan fingerprint density at radius 2 is 1.24 bits per heavy atom. The summed E-state index contributed by atoms with van der Waals surface area (Å²) < 4.78 is 0. The molecular formula is C23H30N4O2. The number of benzene rings is 2. The molecule has 2 aromatic carbocycles. The lowest BCUT2D eigenvalue weighted by atomic mass is 9.77. The molecule has 154 valence electrons. The van der Waals surface area contributed by atoms with Crippen LogP contribution < -0.4 is 16.0 Å². The molecule has 6 heteroatoms. The van der Waals surface area contributed by atoms with Gasteiger partial charge in [-0.25, -0.2) is 9.59 Å². The van der Waals surface area contributed by atoms with E-state index < -0.39 is 11.1 Å². The molecule has 2 aromatic rings. The summed E-state index contributed by atoms with van der Waals surface area (Å²) in [7, 11) is 0. The van der Waals surface area contributed by atoms with Crippen LogP contribution in [0.3, 0.4) is 0 Å². The Labute approximate surface area is 172 Å². The summed E-state index contributed by atoms with van der Waals surface area (Å²) in [5.74, 6) is 0. The molecule has 0 spiro atoms. The van der Waals surface area contributed by atoms with Gasteiger partial charge in [0.15, 0.2) is 0 Å². The maximum absolute atomic E-state index is 13.1. The number of carbonyl (C=O) groups excluding carboxylic acids is 2. The highest BCUT2D eigenvalue weighted by molar-refractivity contribution is 5.91. The number of carbonyl (C=O) groups is 2. The van der Waals surface area contributed by atoms with Crippen molar-refractivity contribution in [2.45, 2.75) is 57.7 Å². The van der Waals surface area contributed by atoms with Gasteiger partial charge in [-0.15, -0.1) is 0 Å². The predicted octanol–water partition coefficient (Wildman–Crippen LogP) is 5.06. The monoisotopic (exact) mass is 394 g/mol. The number of hydrogen-bond acceptors (Lipinski definition) is 2. The summed E-state index contributed by atoms with van der Waals surface area (Å²) >= 11 is 0. The van der Waals surface area contributed by atoms with Gasteiger partial charge in [0.1, 0.15) is 0 Å². The third-order valence-corrected chi connectivity index (χ3v) is 5.30. The summed E-state index contributed by atoms with van der Waals surface area (Å²) in [5, 5.41) is 8.95. The number of urea groups is 2. The maximum Gasteiger partial charge on any atom is 0.322 e. The summed E-state index contributed by atoms with van der Waals surface area (Å²) in [5.41, 5.74) is 0.672. The number of anilines is 2. The van der Waals surface area contributed by atoms with Gasteiger partial charge in [0, 0.05) is 28.5 Å². The van der Waals surface area contributed by atoms with Crippen LogP contribution in [0, 0.1) is 0 Å². The molecule has 0 unspecified atom stereocenters. The number of nitrogens with one attached hydrogen (secondary N) is 3. The Kier molecular flexibility index (Phi) is 5.82. The second-order valence-corrected chi connectivity index (χ2v) is 8.83. The van der Waals surface area contributed by atoms with Crippen molar-refractivity contribution in [3.63, 3.8) is 0 Å². The molecule has 0 radical (unpaired) electrons. The van der Waals surface area contributed by atoms with Gasteiger partial charge in [0.2, 0.25) is 0 Å². The lowest BCUT2D eigenvalue weighted by Gasteiger charge is -2.55. The zero-order valence-electron chi connectivity index (χ0n) is 17.5. The van der Waals surface area contributed by atoms with Crippen molar-refractivity contribution in [1.29, 1.82) is 0 Å². The smallest absolute Gasteiger partial charge is 0.322 e. The number of piperidine rings is 1. The van der Waals surface area contributed by atoms with E-state index in [2.05, 4.69) is 16.0 Å². The standard InChI is InChI=1S/C23H30N4O2/c1-22(2)15-19(25-20(28)24-17-11-7-5-8-12-17)16-23(3,4)27(22)21(29)26-18-13-9-6-10-14-18/h5-14,19H,15-16H2,1-4H3,(H,26,29)(H2,24,25,28). The largest absolute Gasteiger partial charge is 0.335 e. The van der Waals surface area contributed by atoms with Crippen LogP contribution in [0.4, 0.5) is 21.0 Å². The number of nitrogens with zero attached hydrogens (tertiary/aromatic N) is 1. The van der Waals surface area contributed by atoms with Crippen LogP contribution in [-0.4, -0.2) is 34.1 Å². The third-order valence-electron chi connectivity index (χ3n) is 5.30. The van der Waals surface area contributed by atoms with Crippen LogP contribution >= 0.6 is 0 Å². The first-order valence-corrected chi connectivity index (χ1v) is 9.96. The first kappa shape index (κ1) is 20.7. The number of para-hydroxylation sites is 2. The Morgan fingerprint density at radius 3 is 1.72 bits per heavy atom. The molecule has 4 amide bonds. The van der Waals surface area contributed by atoms with Gasteiger partial charge in [-0.3, -0.25) is 0 Å². The van der Waals surface area contributed by atoms with Crippen LogP contribution in [0.5, 0.6) is 0 Å². The summed E-state index contributed by atoms with van der Waals surface area (Å²) in [6, 6.07) is 18.4. The van der Waals surface area contributed by atoms with E-state index in [0.717, 1.165) is 11.4 Å². The first-order valence-electron chi connectivity index (χ1n) is 9.96. The molecule has 3 N–H and O–H groups in total. The number of rotatable bonds is 3. The molecule has 1 saturated heterocycles. The molecule has 0 aromatic heterocycles. The van der Waals surface area contributed by atoms with Gasteiger partial charge in [0.05, 0.1) is 0 Å². The third kappa shape index (κ3) is 5.08. The van der Waals surface area contributed by atoms with Crippen LogP contribution in [0.1, 0.15) is 40.5 Å². The lowest BCUT2D eigenvalue weighted by Crippen LogP contribution is -2.67. The fraction of sp³-hybridized carbons (Fsp3) is 0.391. The van der Waals surface area contributed by atoms with Crippen LogP contribution in [0.25, 0.3) is 0 Å². The maximum atomic E-state index is 13.1. The van der Waals surface area contributed by atoms with Crippen molar-refractivity contribution in [1.82, 2.24) is 10.2 Å². The fourth-order valence-corrected chi connectivity index (χ4v) is 4.51. The van der Waals surface area contributed by atoms with E-state index in [4.69, 9.17) is 0 Å². The van der Waals surface area contributed by atoms with E-state index in [1.807, 2.05) is 93.3 Å². The molecule has 1 fully saturated rings. The van der Waals surface area contributed by atoms with Crippen molar-refractivity contribution in [2.24, 2.45) is 0 Å². The normalized spacial score (nSPS) is 18.0. The minimum Gasteiger partial charge on any atom is -0.335 e. The molecule has 1 aliphatic heterocycles. The second-order valence-electron chi connectivity index (χ2n) is 8.83. The van der Waals surface area contributed by atoms with Crippen molar-refractivity contribution < 1.29 is 9.59 Å². The molecule has 6 nitrogen and oxygen atoms in total. The molecule has 3 rings (SSSR count). The van der Waals surface area contributed by atoms with Crippen LogP contribution in [0.2, 0.25) is 0 Å². The Hall–Kier alpha value is -3.02. The zero-order valence-corrected chi connectivity index (χ0v) is 17.5. The molecule has 0 saturated carbocycles. The van der Waals surface area contributed by atoms with Crippen molar-refractivity contribution in [3.05, 3.63) is 60.7 Å². The average molecular weight is 395 g/mol. The highest BCUT2D eigenvalue weighted by Gasteiger charge is 2.48. The van der Waals surface area contributed by atoms with Crippen LogP contribution in [-0.2, 0) is 0 Å². The highest BCUT2D eigenvalue weighted by Crippen LogP contribution is 2.39. The van der Waals surface area contributed by atoms with E-state index in [0.29, 0.717) is 12.8 Å². The SMILES string of the molecule is CC1(C)CC(NC(=O)Nc2ccccc2)CC(C)(C)N1C(=O)Nc1ccccc1. The van der Waals surface area contributed by atoms with E-state index in [1.54, 1.807) is 0 Å². The van der Waals surface area contributed by atoms with Crippen molar-refractivity contribution >= 4 is 23.4 Å². The highest BCUT2D eigenvalue weighted by atomic mass is 16.2. The Morgan fingerprint density at radius 1 is 0.793 bits per heavy atom. The quantitative estimate of drug-likeness (QED) is 0.681. The zero-order chi connectivity index (χ0) is 21.1. The molecule has 29 heavy (non-hydrogen) atoms. The summed E-state index contributed by atoms with van der Waals surface area (Å²) in [6.07, 6.45) is 1.34. The minimum absolute atomic E-state index is 0.0375. The predicted molar refractivity (Wildman–Crippen MR) is 117 cm³/mol. The van der Waals surface area contributed by atoms with Gasteiger partial charge < -0.3 is 20.9 Å². The van der Waals surface area contributed by atoms with Crippen molar-refractivity contribution in [2.75, 3.05) is 10.6 Å². The first-order chi connectivity index (χ1) is 13.7. The van der Waals surface area contributed by atoms with Crippen molar-refractivity contribution in [3.8, 4) is 0 Å². The fourth-order valence-electron chi connectivity index (χ4n) is 4.51. The molecular weight excluding hydrogens is 364 g/mol. The number of likely N-dealkylation sites (tertiary alicyclic amines) is 1. The topological polar surface area (TPSA) is 73.5 Å². The number of hydrogen-bond donors (Lipinski definition) is 3. The molecule has 0 bridgehead atoms. The van der Waals surface area contributed by atoms with Gasteiger partial charge in [-0.05, 0) is 64.8 Å². The Bertz CT molecular complexity index is 832. The van der Waals surface area contributed by atoms with Gasteiger partial charge in [-0.1, -0.05) is 36.4 Å². The minimum atomic E-state index is -0.425. The molecule has 0 aliphatic carbocycles. The molecule has 1 heterocycles. The summed E-state index contributed by atoms with van der Waals surface area (Å²) in [4.78, 5) is 27.4. The summed E-state index contributed by atoms with van der Waals surface area (Å²) in [6.45, 7) is 8.18. The van der Waals surface area contributed by atoms with Gasteiger partial charge >= 0.3 is 12.1 Å². The average Bonchev–Trinajstić information content (AvgIpc) is 2.61. The number of amides is 4. The molecule has 0 atom stereocenters. The van der Waals surface area contributed by atoms with E-state index in [-0.39, 0.29) is 18.1 Å². The Balaban J connectivity index is 1.68. The second kappa shape index (κ2) is 8.15. The van der Waals surface area contributed by atoms with E-state index >= 15 is 0 Å². The van der Waals surface area contributed by atoms with E-state index in [9.17, 15) is 9.59 Å². The van der Waals surface area contributed by atoms with E-state index in [1.165, 1.54) is 0 Å². The van der Waals surface area contributed by atoms with Crippen LogP contribution in [0.15, 0.2) is 60.7 Å².